The van der Waals surface area contributed by atoms with Crippen molar-refractivity contribution < 1.29 is 43.0 Å². The zero-order valence-corrected chi connectivity index (χ0v) is 45.3. The Morgan fingerprint density at radius 1 is 0.829 bits per heavy atom. The lowest BCUT2D eigenvalue weighted by Gasteiger charge is -2.25. The van der Waals surface area contributed by atoms with Gasteiger partial charge >= 0.3 is 6.09 Å². The van der Waals surface area contributed by atoms with E-state index in [2.05, 4.69) is 95.3 Å². The fourth-order valence-corrected chi connectivity index (χ4v) is 7.24. The molecule has 3 aromatic rings. The van der Waals surface area contributed by atoms with Gasteiger partial charge < -0.3 is 72.1 Å². The third-order valence-corrected chi connectivity index (χ3v) is 11.2. The van der Waals surface area contributed by atoms with E-state index in [0.29, 0.717) is 58.3 Å². The predicted molar refractivity (Wildman–Crippen MR) is 301 cm³/mol. The first-order valence-corrected chi connectivity index (χ1v) is 25.7. The van der Waals surface area contributed by atoms with Crippen LogP contribution in [0.5, 0.6) is 5.75 Å². The van der Waals surface area contributed by atoms with Crippen molar-refractivity contribution in [1.82, 2.24) is 36.8 Å². The molecule has 0 radical (unpaired) electrons. The lowest BCUT2D eigenvalue weighted by molar-refractivity contribution is -0.133. The van der Waals surface area contributed by atoms with Crippen LogP contribution in [0.2, 0.25) is 0 Å². The number of alkyl carbamates (subject to hydrolysis) is 1. The molecule has 416 valence electrons. The number of ether oxygens (including phenoxy) is 2. The molecule has 3 aromatic carbocycles. The minimum atomic E-state index is -0.828. The summed E-state index contributed by atoms with van der Waals surface area (Å²) < 4.78 is 10.8. The molecule has 4 amide bonds. The van der Waals surface area contributed by atoms with Gasteiger partial charge in [-0.2, -0.15) is 0 Å². The molecule has 3 unspecified atom stereocenters. The summed E-state index contributed by atoms with van der Waals surface area (Å²) in [6, 6.07) is 26.0. The van der Waals surface area contributed by atoms with E-state index >= 15 is 0 Å². The van der Waals surface area contributed by atoms with Crippen LogP contribution >= 0.6 is 0 Å². The van der Waals surface area contributed by atoms with Crippen LogP contribution in [0.3, 0.4) is 0 Å². The summed E-state index contributed by atoms with van der Waals surface area (Å²) in [6.45, 7) is 14.5. The van der Waals surface area contributed by atoms with Crippen LogP contribution in [0, 0.1) is 13.8 Å². The molecule has 1 fully saturated rings. The summed E-state index contributed by atoms with van der Waals surface area (Å²) in [5.41, 5.74) is 16.1. The van der Waals surface area contributed by atoms with Crippen LogP contribution in [0.1, 0.15) is 68.1 Å². The van der Waals surface area contributed by atoms with E-state index in [1.165, 1.54) is 21.6 Å². The van der Waals surface area contributed by atoms with Gasteiger partial charge in [0.05, 0.1) is 31.7 Å². The number of unbranched alkanes of at least 4 members (excludes halogenated alkanes) is 1. The number of likely N-dealkylation sites (tertiary alicyclic amines) is 1. The maximum atomic E-state index is 12.9. The van der Waals surface area contributed by atoms with Crippen molar-refractivity contribution >= 4 is 42.7 Å². The molecule has 1 aliphatic heterocycles. The molecule has 0 bridgehead atoms. The fraction of sp³-hybridized carbons (Fsp3) is 0.431. The second-order valence-corrected chi connectivity index (χ2v) is 17.7. The van der Waals surface area contributed by atoms with Gasteiger partial charge in [-0.25, -0.2) is 4.79 Å². The van der Waals surface area contributed by atoms with Crippen molar-refractivity contribution in [3.8, 4) is 5.75 Å². The molecule has 76 heavy (non-hydrogen) atoms. The minimum absolute atomic E-state index is 0.149. The van der Waals surface area contributed by atoms with E-state index < -0.39 is 42.3 Å². The number of nitrogens with zero attached hydrogens (tertiary/aromatic N) is 1. The molecule has 0 spiro atoms. The number of carbonyl (C=O) groups is 7. The predicted octanol–water partition coefficient (Wildman–Crippen LogP) is 4.70. The average molecular weight is 1050 g/mol. The molecule has 10 N–H and O–H groups in total. The van der Waals surface area contributed by atoms with Gasteiger partial charge in [0.1, 0.15) is 49.4 Å². The van der Waals surface area contributed by atoms with Gasteiger partial charge in [0, 0.05) is 19.5 Å². The molecule has 2 aliphatic rings. The number of nitrogens with one attached hydrogen (secondary N) is 6. The quantitative estimate of drug-likeness (QED) is 0.0308. The van der Waals surface area contributed by atoms with Gasteiger partial charge in [-0.15, -0.1) is 6.58 Å². The highest BCUT2D eigenvalue weighted by atomic mass is 16.6. The second-order valence-electron chi connectivity index (χ2n) is 17.7. The topological polar surface area (TPSA) is 265 Å². The van der Waals surface area contributed by atoms with Crippen LogP contribution in [0.15, 0.2) is 134 Å². The monoisotopic (exact) mass is 1050 g/mol. The Morgan fingerprint density at radius 2 is 1.50 bits per heavy atom. The lowest BCUT2D eigenvalue weighted by Crippen LogP contribution is -2.54. The van der Waals surface area contributed by atoms with Gasteiger partial charge in [0.2, 0.25) is 17.7 Å². The van der Waals surface area contributed by atoms with Crippen LogP contribution in [-0.4, -0.2) is 138 Å². The number of carbonyl (C=O) groups excluding carboxylic acids is 7. The van der Waals surface area contributed by atoms with E-state index in [1.54, 1.807) is 27.2 Å². The number of aldehydes is 3. The van der Waals surface area contributed by atoms with Gasteiger partial charge in [-0.3, -0.25) is 14.4 Å². The number of hydrogen-bond donors (Lipinski definition) is 8. The van der Waals surface area contributed by atoms with Crippen molar-refractivity contribution in [2.45, 2.75) is 102 Å². The largest absolute Gasteiger partial charge is 0.489 e. The Morgan fingerprint density at radius 3 is 2.01 bits per heavy atom. The highest BCUT2D eigenvalue weighted by Gasteiger charge is 2.36. The normalized spacial score (nSPS) is 15.1. The molecular weight excluding hydrogens is 967 g/mol. The molecule has 1 saturated heterocycles. The number of amides is 4. The summed E-state index contributed by atoms with van der Waals surface area (Å²) in [6.07, 6.45) is 13.9. The molecular formula is C58H85N9O9. The van der Waals surface area contributed by atoms with E-state index in [4.69, 9.17) is 20.9 Å². The highest BCUT2D eigenvalue weighted by molar-refractivity contribution is 5.92. The first kappa shape index (κ1) is 66.9. The number of benzene rings is 3. The Labute approximate surface area is 450 Å². The first-order chi connectivity index (χ1) is 36.7. The molecule has 1 heterocycles. The van der Waals surface area contributed by atoms with Crippen LogP contribution in [0.4, 0.5) is 4.79 Å². The zero-order valence-electron chi connectivity index (χ0n) is 45.3. The SMILES string of the molecule is C=CCC(=C)CC(NC(=O)[C@H](NC)C1=CCCC=C1)C(=O)N[C@@H](C=O)CCCCN.CNCC(=O)N1CC(OC(=O)NCCN)CC1C=O.CNCC=O.Cc1ccc(OCc2ccccc2)cc1.Cc1ccccc1. The third-order valence-electron chi connectivity index (χ3n) is 11.2. The Kier molecular flexibility index (Phi) is 37.1. The number of likely N-dealkylation sites (N-methyl/N-ethyl adjacent to an activating group) is 3. The van der Waals surface area contributed by atoms with Crippen LogP contribution < -0.4 is 48.1 Å². The minimum Gasteiger partial charge on any atom is -0.489 e. The van der Waals surface area contributed by atoms with Gasteiger partial charge in [0.15, 0.2) is 0 Å². The standard InChI is InChI=1S/C23H36N4O3.C14H14O.C11H20N4O4.C7H8.C3H7NO/c1-4-10-17(2)15-20(22(29)26-19(16-28)13-8-9-14-24)27-23(30)21(25-3)18-11-6-5-7-12-18;1-12-7-9-14(10-8-12)15-11-13-5-3-2-4-6-13;1-13-5-10(17)15-6-9(4-8(15)7-16)19-11(18)14-3-2-12;1-7-5-3-2-4-6-7;1-4-2-3-5/h4,6,11-12,16,19-21,25H,1-2,5,7-10,13-15,24H2,3H3,(H,26,29)(H,27,30);2-10H,11H2,1H3;7-9,13H,2-6,12H2,1H3,(H,14,18);2-6H,1H3;3-4H,2H2,1H3/t19-,20?,21-;;;;/m1..../s1. The van der Waals surface area contributed by atoms with Crippen molar-refractivity contribution in [3.05, 3.63) is 150 Å². The van der Waals surface area contributed by atoms with Crippen molar-refractivity contribution in [1.29, 1.82) is 0 Å². The molecule has 0 aromatic heterocycles. The molecule has 0 saturated carbocycles. The summed E-state index contributed by atoms with van der Waals surface area (Å²) in [5.74, 6) is 0.0339. The lowest BCUT2D eigenvalue weighted by atomic mass is 9.98. The van der Waals surface area contributed by atoms with E-state index in [1.807, 2.05) is 66.8 Å². The summed E-state index contributed by atoms with van der Waals surface area (Å²) >= 11 is 0. The maximum Gasteiger partial charge on any atom is 0.407 e. The molecule has 5 rings (SSSR count). The van der Waals surface area contributed by atoms with Crippen LogP contribution in [-0.2, 0) is 40.1 Å². The number of hydrogen-bond acceptors (Lipinski definition) is 14. The first-order valence-electron chi connectivity index (χ1n) is 25.7. The number of nitrogens with two attached hydrogens (primary N) is 2. The summed E-state index contributed by atoms with van der Waals surface area (Å²) in [5, 5.41) is 16.4. The Balaban J connectivity index is 0.000000534. The van der Waals surface area contributed by atoms with Gasteiger partial charge in [-0.05, 0) is 110 Å². The molecule has 18 heteroatoms. The highest BCUT2D eigenvalue weighted by Crippen LogP contribution is 2.20. The van der Waals surface area contributed by atoms with E-state index in [-0.39, 0.29) is 31.3 Å². The third kappa shape index (κ3) is 29.7. The molecule has 1 aliphatic carbocycles. The van der Waals surface area contributed by atoms with Gasteiger partial charge in [-0.1, -0.05) is 120 Å². The van der Waals surface area contributed by atoms with Gasteiger partial charge in [0.25, 0.3) is 0 Å². The smallest absolute Gasteiger partial charge is 0.407 e. The van der Waals surface area contributed by atoms with E-state index in [9.17, 15) is 33.6 Å². The fourth-order valence-electron chi connectivity index (χ4n) is 7.24. The molecule has 5 atom stereocenters. The second kappa shape index (κ2) is 42.2. The molecule has 18 nitrogen and oxygen atoms in total. The number of aryl methyl sites for hydroxylation is 2. The average Bonchev–Trinajstić information content (AvgIpc) is 3.84. The summed E-state index contributed by atoms with van der Waals surface area (Å²) in [4.78, 5) is 82.0. The van der Waals surface area contributed by atoms with E-state index in [0.717, 1.165) is 55.2 Å². The Hall–Kier alpha value is -7.09. The number of rotatable bonds is 26. The van der Waals surface area contributed by atoms with Crippen molar-refractivity contribution in [2.75, 3.05) is 60.4 Å². The summed E-state index contributed by atoms with van der Waals surface area (Å²) in [7, 11) is 5.09. The van der Waals surface area contributed by atoms with Crippen molar-refractivity contribution in [3.63, 3.8) is 0 Å². The van der Waals surface area contributed by atoms with Crippen molar-refractivity contribution in [2.24, 2.45) is 11.5 Å². The zero-order chi connectivity index (χ0) is 56.4. The van der Waals surface area contributed by atoms with Crippen LogP contribution in [0.25, 0.3) is 0 Å². The number of allylic oxidation sites excluding steroid dienone is 3. The Bertz CT molecular complexity index is 2210. The maximum absolute atomic E-state index is 12.9.